The molecule has 1 aromatic rings. The maximum absolute atomic E-state index is 6.10. The van der Waals surface area contributed by atoms with Crippen molar-refractivity contribution in [3.63, 3.8) is 0 Å². The van der Waals surface area contributed by atoms with Crippen LogP contribution in [0.5, 0.6) is 0 Å². The van der Waals surface area contributed by atoms with Gasteiger partial charge in [-0.15, -0.1) is 0 Å². The van der Waals surface area contributed by atoms with Crippen molar-refractivity contribution in [1.29, 1.82) is 0 Å². The molecule has 1 fully saturated rings. The zero-order chi connectivity index (χ0) is 12.3. The van der Waals surface area contributed by atoms with E-state index in [0.29, 0.717) is 11.1 Å². The molecule has 0 aromatic carbocycles. The van der Waals surface area contributed by atoms with Crippen LogP contribution in [0.1, 0.15) is 30.9 Å². The van der Waals surface area contributed by atoms with Crippen LogP contribution in [0.2, 0.25) is 5.15 Å². The summed E-state index contributed by atoms with van der Waals surface area (Å²) in [4.78, 5) is 6.74. The predicted octanol–water partition coefficient (Wildman–Crippen LogP) is 2.26. The molecule has 2 heterocycles. The Balaban J connectivity index is 2.07. The number of nitrogens with zero attached hydrogens (tertiary/aromatic N) is 2. The molecule has 17 heavy (non-hydrogen) atoms. The van der Waals surface area contributed by atoms with E-state index >= 15 is 0 Å². The van der Waals surface area contributed by atoms with Crippen LogP contribution in [0.25, 0.3) is 0 Å². The third-order valence-electron chi connectivity index (χ3n) is 3.16. The minimum Gasteiger partial charge on any atom is -0.314 e. The first-order valence-corrected chi connectivity index (χ1v) is 6.62. The summed E-state index contributed by atoms with van der Waals surface area (Å²) in [5.41, 5.74) is 2.42. The predicted molar refractivity (Wildman–Crippen MR) is 71.5 cm³/mol. The summed E-state index contributed by atoms with van der Waals surface area (Å²) in [6.07, 6.45) is 1.90. The lowest BCUT2D eigenvalue weighted by Crippen LogP contribution is -2.42. The average molecular weight is 254 g/mol. The highest BCUT2D eigenvalue weighted by molar-refractivity contribution is 6.30. The minimum absolute atomic E-state index is 0.429. The van der Waals surface area contributed by atoms with Gasteiger partial charge in [0, 0.05) is 38.9 Å². The summed E-state index contributed by atoms with van der Waals surface area (Å²) in [7, 11) is 0. The molecule has 0 atom stereocenters. The van der Waals surface area contributed by atoms with Crippen LogP contribution >= 0.6 is 11.6 Å². The molecule has 1 aromatic heterocycles. The maximum atomic E-state index is 6.10. The zero-order valence-corrected chi connectivity index (χ0v) is 11.3. The summed E-state index contributed by atoms with van der Waals surface area (Å²) >= 11 is 6.10. The number of hydrogen-bond donors (Lipinski definition) is 1. The smallest absolute Gasteiger partial charge is 0.132 e. The van der Waals surface area contributed by atoms with Crippen LogP contribution < -0.4 is 5.32 Å². The van der Waals surface area contributed by atoms with Crippen molar-refractivity contribution < 1.29 is 0 Å². The molecule has 0 radical (unpaired) electrons. The summed E-state index contributed by atoms with van der Waals surface area (Å²) in [6.45, 7) is 9.66. The van der Waals surface area contributed by atoms with Crippen molar-refractivity contribution in [2.24, 2.45) is 0 Å². The van der Waals surface area contributed by atoms with E-state index in [1.165, 1.54) is 5.56 Å². The summed E-state index contributed by atoms with van der Waals surface area (Å²) in [6, 6.07) is 2.20. The van der Waals surface area contributed by atoms with Gasteiger partial charge >= 0.3 is 0 Å². The Morgan fingerprint density at radius 2 is 2.12 bits per heavy atom. The first kappa shape index (κ1) is 12.8. The highest BCUT2D eigenvalue weighted by Crippen LogP contribution is 2.23. The Morgan fingerprint density at radius 1 is 1.41 bits per heavy atom. The first-order chi connectivity index (χ1) is 8.16. The van der Waals surface area contributed by atoms with Gasteiger partial charge in [-0.25, -0.2) is 4.98 Å². The van der Waals surface area contributed by atoms with E-state index in [0.717, 1.165) is 38.3 Å². The third-order valence-corrected chi connectivity index (χ3v) is 3.48. The number of hydrogen-bond acceptors (Lipinski definition) is 3. The van der Waals surface area contributed by atoms with Crippen molar-refractivity contribution in [3.05, 3.63) is 28.5 Å². The van der Waals surface area contributed by atoms with Crippen molar-refractivity contribution in [3.8, 4) is 0 Å². The van der Waals surface area contributed by atoms with E-state index in [4.69, 9.17) is 11.6 Å². The van der Waals surface area contributed by atoms with Gasteiger partial charge in [0.05, 0.1) is 0 Å². The normalized spacial score (nSPS) is 17.6. The topological polar surface area (TPSA) is 28.2 Å². The van der Waals surface area contributed by atoms with E-state index in [9.17, 15) is 0 Å². The Kier molecular flexibility index (Phi) is 4.37. The second-order valence-corrected chi connectivity index (χ2v) is 5.26. The molecule has 94 valence electrons. The lowest BCUT2D eigenvalue weighted by atomic mass is 10.0. The van der Waals surface area contributed by atoms with Crippen LogP contribution in [-0.4, -0.2) is 36.1 Å². The third kappa shape index (κ3) is 3.41. The van der Waals surface area contributed by atoms with Crippen molar-refractivity contribution in [2.75, 3.05) is 26.2 Å². The van der Waals surface area contributed by atoms with Crippen molar-refractivity contribution >= 4 is 11.6 Å². The van der Waals surface area contributed by atoms with Crippen LogP contribution in [0, 0.1) is 0 Å². The second-order valence-electron chi connectivity index (χ2n) is 4.90. The molecule has 0 amide bonds. The van der Waals surface area contributed by atoms with Crippen LogP contribution in [0.3, 0.4) is 0 Å². The molecular weight excluding hydrogens is 234 g/mol. The highest BCUT2D eigenvalue weighted by atomic mass is 35.5. The van der Waals surface area contributed by atoms with Gasteiger partial charge in [-0.1, -0.05) is 25.4 Å². The van der Waals surface area contributed by atoms with E-state index in [-0.39, 0.29) is 0 Å². The highest BCUT2D eigenvalue weighted by Gasteiger charge is 2.12. The van der Waals surface area contributed by atoms with E-state index in [2.05, 4.69) is 35.1 Å². The van der Waals surface area contributed by atoms with E-state index in [1.807, 2.05) is 6.20 Å². The summed E-state index contributed by atoms with van der Waals surface area (Å²) in [5.74, 6) is 0.429. The van der Waals surface area contributed by atoms with Crippen molar-refractivity contribution in [1.82, 2.24) is 15.2 Å². The number of pyridine rings is 1. The van der Waals surface area contributed by atoms with E-state index in [1.54, 1.807) is 0 Å². The minimum atomic E-state index is 0.429. The molecule has 2 rings (SSSR count). The number of halogens is 1. The molecule has 0 bridgehead atoms. The SMILES string of the molecule is CC(C)c1cc(CN2CCNCC2)cnc1Cl. The van der Waals surface area contributed by atoms with Gasteiger partial charge in [-0.2, -0.15) is 0 Å². The van der Waals surface area contributed by atoms with Crippen LogP contribution in [0.4, 0.5) is 0 Å². The monoisotopic (exact) mass is 253 g/mol. The molecule has 3 nitrogen and oxygen atoms in total. The quantitative estimate of drug-likeness (QED) is 0.838. The number of piperazine rings is 1. The Hall–Kier alpha value is -0.640. The van der Waals surface area contributed by atoms with Gasteiger partial charge in [-0.3, -0.25) is 4.90 Å². The van der Waals surface area contributed by atoms with Gasteiger partial charge in [0.2, 0.25) is 0 Å². The van der Waals surface area contributed by atoms with Gasteiger partial charge in [0.25, 0.3) is 0 Å². The fourth-order valence-electron chi connectivity index (χ4n) is 2.13. The standard InChI is InChI=1S/C13H20ClN3/c1-10(2)12-7-11(8-16-13(12)14)9-17-5-3-15-4-6-17/h7-8,10,15H,3-6,9H2,1-2H3. The molecule has 0 saturated carbocycles. The lowest BCUT2D eigenvalue weighted by Gasteiger charge is -2.27. The molecule has 1 aliphatic rings. The fraction of sp³-hybridized carbons (Fsp3) is 0.615. The molecule has 1 saturated heterocycles. The van der Waals surface area contributed by atoms with Crippen LogP contribution in [0.15, 0.2) is 12.3 Å². The maximum Gasteiger partial charge on any atom is 0.132 e. The number of aromatic nitrogens is 1. The number of rotatable bonds is 3. The van der Waals surface area contributed by atoms with E-state index < -0.39 is 0 Å². The van der Waals surface area contributed by atoms with Crippen LogP contribution in [-0.2, 0) is 6.54 Å². The van der Waals surface area contributed by atoms with Gasteiger partial charge in [0.1, 0.15) is 5.15 Å². The second kappa shape index (κ2) is 5.80. The Bertz CT molecular complexity index is 373. The average Bonchev–Trinajstić information content (AvgIpc) is 2.32. The summed E-state index contributed by atoms with van der Waals surface area (Å²) in [5, 5.41) is 4.00. The first-order valence-electron chi connectivity index (χ1n) is 6.24. The Labute approximate surface area is 108 Å². The molecule has 1 N–H and O–H groups in total. The lowest BCUT2D eigenvalue weighted by molar-refractivity contribution is 0.233. The van der Waals surface area contributed by atoms with Crippen molar-refractivity contribution in [2.45, 2.75) is 26.3 Å². The fourth-order valence-corrected chi connectivity index (χ4v) is 2.45. The van der Waals surface area contributed by atoms with Gasteiger partial charge in [-0.05, 0) is 23.1 Å². The van der Waals surface area contributed by atoms with Gasteiger partial charge < -0.3 is 5.32 Å². The molecule has 0 unspecified atom stereocenters. The zero-order valence-electron chi connectivity index (χ0n) is 10.5. The molecule has 0 aliphatic carbocycles. The number of nitrogens with one attached hydrogen (secondary N) is 1. The molecule has 1 aliphatic heterocycles. The Morgan fingerprint density at radius 3 is 2.76 bits per heavy atom. The largest absolute Gasteiger partial charge is 0.314 e. The molecule has 0 spiro atoms. The molecule has 4 heteroatoms. The molecular formula is C13H20ClN3. The summed E-state index contributed by atoms with van der Waals surface area (Å²) < 4.78 is 0. The van der Waals surface area contributed by atoms with Gasteiger partial charge in [0.15, 0.2) is 0 Å².